The largest absolute Gasteiger partial charge is 0.373 e. The smallest absolute Gasteiger partial charge is 0.227 e. The summed E-state index contributed by atoms with van der Waals surface area (Å²) in [7, 11) is 1.68. The molecule has 5 nitrogen and oxygen atoms in total. The van der Waals surface area contributed by atoms with Crippen LogP contribution in [-0.2, 0) is 11.2 Å². The van der Waals surface area contributed by atoms with E-state index in [1.165, 1.54) is 12.8 Å². The fraction of sp³-hybridized carbons (Fsp3) is 0.833. The lowest BCUT2D eigenvalue weighted by Crippen LogP contribution is -2.30. The first-order chi connectivity index (χ1) is 8.33. The molecule has 0 amide bonds. The second kappa shape index (κ2) is 6.12. The van der Waals surface area contributed by atoms with Gasteiger partial charge in [0.25, 0.3) is 0 Å². The normalized spacial score (nSPS) is 22.6. The lowest BCUT2D eigenvalue weighted by molar-refractivity contribution is 0.0903. The van der Waals surface area contributed by atoms with Crippen LogP contribution in [0.2, 0.25) is 0 Å². The van der Waals surface area contributed by atoms with E-state index in [1.54, 1.807) is 7.11 Å². The maximum absolute atomic E-state index is 5.29. The molecule has 1 saturated heterocycles. The van der Waals surface area contributed by atoms with E-state index in [0.29, 0.717) is 11.7 Å². The van der Waals surface area contributed by atoms with Crippen molar-refractivity contribution in [2.45, 2.75) is 38.7 Å². The van der Waals surface area contributed by atoms with Crippen LogP contribution >= 0.6 is 0 Å². The Hall–Kier alpha value is -0.940. The van der Waals surface area contributed by atoms with Gasteiger partial charge in [0.2, 0.25) is 11.7 Å². The van der Waals surface area contributed by atoms with Crippen LogP contribution in [0, 0.1) is 5.92 Å². The molecule has 96 valence electrons. The zero-order valence-electron chi connectivity index (χ0n) is 10.6. The van der Waals surface area contributed by atoms with E-state index in [0.717, 1.165) is 31.8 Å². The molecule has 2 unspecified atom stereocenters. The summed E-state index contributed by atoms with van der Waals surface area (Å²) >= 11 is 0. The average Bonchev–Trinajstić information content (AvgIpc) is 2.81. The van der Waals surface area contributed by atoms with Crippen molar-refractivity contribution in [3.63, 3.8) is 0 Å². The summed E-state index contributed by atoms with van der Waals surface area (Å²) in [5.41, 5.74) is 0. The van der Waals surface area contributed by atoms with Crippen LogP contribution in [0.1, 0.15) is 44.0 Å². The van der Waals surface area contributed by atoms with E-state index < -0.39 is 0 Å². The van der Waals surface area contributed by atoms with Gasteiger partial charge >= 0.3 is 0 Å². The fourth-order valence-electron chi connectivity index (χ4n) is 2.28. The summed E-state index contributed by atoms with van der Waals surface area (Å²) in [6.45, 7) is 4.24. The van der Waals surface area contributed by atoms with Gasteiger partial charge in [0.1, 0.15) is 6.10 Å². The Morgan fingerprint density at radius 3 is 3.12 bits per heavy atom. The fourth-order valence-corrected chi connectivity index (χ4v) is 2.28. The first-order valence-corrected chi connectivity index (χ1v) is 6.39. The highest BCUT2D eigenvalue weighted by Crippen LogP contribution is 2.19. The SMILES string of the molecule is CCC(OC)c1noc(CC2CCCNC2)n1. The van der Waals surface area contributed by atoms with Crippen molar-refractivity contribution in [3.05, 3.63) is 11.7 Å². The van der Waals surface area contributed by atoms with Gasteiger partial charge in [-0.15, -0.1) is 0 Å². The Morgan fingerprint density at radius 1 is 1.59 bits per heavy atom. The van der Waals surface area contributed by atoms with E-state index >= 15 is 0 Å². The highest BCUT2D eigenvalue weighted by atomic mass is 16.5. The monoisotopic (exact) mass is 239 g/mol. The van der Waals surface area contributed by atoms with Crippen LogP contribution in [0.3, 0.4) is 0 Å². The molecule has 5 heteroatoms. The highest BCUT2D eigenvalue weighted by Gasteiger charge is 2.20. The molecule has 0 aromatic carbocycles. The second-order valence-electron chi connectivity index (χ2n) is 4.60. The van der Waals surface area contributed by atoms with E-state index in [2.05, 4.69) is 22.4 Å². The zero-order valence-corrected chi connectivity index (χ0v) is 10.6. The molecule has 1 fully saturated rings. The molecule has 0 spiro atoms. The number of nitrogens with zero attached hydrogens (tertiary/aromatic N) is 2. The molecule has 0 aliphatic carbocycles. The van der Waals surface area contributed by atoms with Gasteiger partial charge in [-0.1, -0.05) is 12.1 Å². The van der Waals surface area contributed by atoms with Crippen LogP contribution in [0.15, 0.2) is 4.52 Å². The van der Waals surface area contributed by atoms with Crippen LogP contribution in [0.5, 0.6) is 0 Å². The van der Waals surface area contributed by atoms with E-state index in [-0.39, 0.29) is 6.10 Å². The van der Waals surface area contributed by atoms with E-state index in [4.69, 9.17) is 9.26 Å². The van der Waals surface area contributed by atoms with Crippen molar-refractivity contribution in [2.24, 2.45) is 5.92 Å². The number of hydrogen-bond acceptors (Lipinski definition) is 5. The number of piperidine rings is 1. The number of nitrogens with one attached hydrogen (secondary N) is 1. The third kappa shape index (κ3) is 3.26. The van der Waals surface area contributed by atoms with Crippen molar-refractivity contribution < 1.29 is 9.26 Å². The number of aromatic nitrogens is 2. The van der Waals surface area contributed by atoms with E-state index in [9.17, 15) is 0 Å². The van der Waals surface area contributed by atoms with E-state index in [1.807, 2.05) is 0 Å². The number of methoxy groups -OCH3 is 1. The average molecular weight is 239 g/mol. The minimum Gasteiger partial charge on any atom is -0.373 e. The van der Waals surface area contributed by atoms with Gasteiger partial charge in [0.05, 0.1) is 0 Å². The Balaban J connectivity index is 1.93. The molecule has 1 aromatic rings. The lowest BCUT2D eigenvalue weighted by Gasteiger charge is -2.20. The molecular formula is C12H21N3O2. The number of ether oxygens (including phenoxy) is 1. The number of hydrogen-bond donors (Lipinski definition) is 1. The second-order valence-corrected chi connectivity index (χ2v) is 4.60. The quantitative estimate of drug-likeness (QED) is 0.847. The van der Waals surface area contributed by atoms with Crippen molar-refractivity contribution >= 4 is 0 Å². The summed E-state index contributed by atoms with van der Waals surface area (Å²) in [5.74, 6) is 2.04. The molecule has 1 N–H and O–H groups in total. The first-order valence-electron chi connectivity index (χ1n) is 6.39. The van der Waals surface area contributed by atoms with Gasteiger partial charge in [-0.2, -0.15) is 4.98 Å². The van der Waals surface area contributed by atoms with Crippen molar-refractivity contribution in [1.29, 1.82) is 0 Å². The molecule has 17 heavy (non-hydrogen) atoms. The van der Waals surface area contributed by atoms with Gasteiger partial charge in [0, 0.05) is 13.5 Å². The van der Waals surface area contributed by atoms with Crippen molar-refractivity contribution in [1.82, 2.24) is 15.5 Å². The van der Waals surface area contributed by atoms with Gasteiger partial charge < -0.3 is 14.6 Å². The molecule has 0 saturated carbocycles. The lowest BCUT2D eigenvalue weighted by atomic mass is 9.96. The molecule has 0 radical (unpaired) electrons. The Kier molecular flexibility index (Phi) is 4.50. The molecular weight excluding hydrogens is 218 g/mol. The molecule has 0 bridgehead atoms. The first kappa shape index (κ1) is 12.5. The van der Waals surface area contributed by atoms with Gasteiger partial charge in [-0.05, 0) is 38.3 Å². The van der Waals surface area contributed by atoms with Crippen LogP contribution < -0.4 is 5.32 Å². The molecule has 2 heterocycles. The molecule has 2 atom stereocenters. The standard InChI is InChI=1S/C12H21N3O2/c1-3-10(16-2)12-14-11(17-15-12)7-9-5-4-6-13-8-9/h9-10,13H,3-8H2,1-2H3. The Morgan fingerprint density at radius 2 is 2.47 bits per heavy atom. The molecule has 1 aliphatic rings. The summed E-state index contributed by atoms with van der Waals surface area (Å²) in [6, 6.07) is 0. The van der Waals surface area contributed by atoms with Gasteiger partial charge in [-0.25, -0.2) is 0 Å². The third-order valence-electron chi connectivity index (χ3n) is 3.29. The van der Waals surface area contributed by atoms with Crippen LogP contribution in [0.4, 0.5) is 0 Å². The minimum absolute atomic E-state index is 0.0445. The third-order valence-corrected chi connectivity index (χ3v) is 3.29. The van der Waals surface area contributed by atoms with Gasteiger partial charge in [0.15, 0.2) is 0 Å². The molecule has 1 aromatic heterocycles. The minimum atomic E-state index is -0.0445. The molecule has 1 aliphatic heterocycles. The zero-order chi connectivity index (χ0) is 12.1. The summed E-state index contributed by atoms with van der Waals surface area (Å²) in [6.07, 6.45) is 4.17. The summed E-state index contributed by atoms with van der Waals surface area (Å²) in [5, 5.41) is 7.38. The van der Waals surface area contributed by atoms with Crippen LogP contribution in [-0.4, -0.2) is 30.3 Å². The maximum Gasteiger partial charge on any atom is 0.227 e. The van der Waals surface area contributed by atoms with Crippen molar-refractivity contribution in [2.75, 3.05) is 20.2 Å². The van der Waals surface area contributed by atoms with Crippen molar-refractivity contribution in [3.8, 4) is 0 Å². The topological polar surface area (TPSA) is 60.2 Å². The van der Waals surface area contributed by atoms with Crippen LogP contribution in [0.25, 0.3) is 0 Å². The summed E-state index contributed by atoms with van der Waals surface area (Å²) in [4.78, 5) is 4.42. The predicted molar refractivity (Wildman–Crippen MR) is 63.6 cm³/mol. The maximum atomic E-state index is 5.29. The van der Waals surface area contributed by atoms with Gasteiger partial charge in [-0.3, -0.25) is 0 Å². The number of rotatable bonds is 5. The summed E-state index contributed by atoms with van der Waals surface area (Å²) < 4.78 is 10.6. The Bertz CT molecular complexity index is 330. The highest BCUT2D eigenvalue weighted by molar-refractivity contribution is 4.92. The predicted octanol–water partition coefficient (Wildman–Crippen LogP) is 1.71. The molecule has 2 rings (SSSR count). The Labute approximate surface area is 102 Å².